The lowest BCUT2D eigenvalue weighted by molar-refractivity contribution is 0.0600. The van der Waals surface area contributed by atoms with Gasteiger partial charge in [-0.3, -0.25) is 4.98 Å². The highest BCUT2D eigenvalue weighted by atomic mass is 16.5. The number of nitrogens with zero attached hydrogens (tertiary/aromatic N) is 2. The van der Waals surface area contributed by atoms with Gasteiger partial charge in [0.2, 0.25) is 0 Å². The van der Waals surface area contributed by atoms with Crippen molar-refractivity contribution in [3.8, 4) is 0 Å². The third-order valence-electron chi connectivity index (χ3n) is 3.57. The number of methoxy groups -OCH3 is 1. The fourth-order valence-electron chi connectivity index (χ4n) is 2.49. The van der Waals surface area contributed by atoms with E-state index in [0.29, 0.717) is 12.1 Å². The summed E-state index contributed by atoms with van der Waals surface area (Å²) in [5.41, 5.74) is 3.81. The highest BCUT2D eigenvalue weighted by molar-refractivity contribution is 5.88. The molecule has 3 rings (SSSR count). The maximum Gasteiger partial charge on any atom is 0.339 e. The van der Waals surface area contributed by atoms with Crippen molar-refractivity contribution in [3.05, 3.63) is 65.6 Å². The van der Waals surface area contributed by atoms with Crippen LogP contribution in [0.1, 0.15) is 21.6 Å². The van der Waals surface area contributed by atoms with E-state index in [9.17, 15) is 4.79 Å². The molecule has 0 saturated heterocycles. The number of carbonyl (C=O) groups is 1. The highest BCUT2D eigenvalue weighted by Crippen LogP contribution is 2.21. The summed E-state index contributed by atoms with van der Waals surface area (Å²) in [6.07, 6.45) is 3.68. The lowest BCUT2D eigenvalue weighted by atomic mass is 10.2. The zero-order chi connectivity index (χ0) is 14.8. The van der Waals surface area contributed by atoms with Crippen LogP contribution in [0.15, 0.2) is 48.8 Å². The van der Waals surface area contributed by atoms with Gasteiger partial charge in [-0.25, -0.2) is 4.79 Å². The summed E-state index contributed by atoms with van der Waals surface area (Å²) in [5.74, 6) is -0.365. The standard InChI is InChI=1S/C17H16N2O2/c1-12-10-19(16-6-4-3-5-15(12)16)11-14-8-7-13(9-18-14)17(20)21-2/h3-10H,11H2,1-2H3. The maximum absolute atomic E-state index is 11.4. The molecule has 21 heavy (non-hydrogen) atoms. The topological polar surface area (TPSA) is 44.1 Å². The predicted octanol–water partition coefficient (Wildman–Crippen LogP) is 3.18. The smallest absolute Gasteiger partial charge is 0.339 e. The van der Waals surface area contributed by atoms with E-state index in [1.165, 1.54) is 23.6 Å². The first-order valence-electron chi connectivity index (χ1n) is 6.77. The van der Waals surface area contributed by atoms with E-state index < -0.39 is 0 Å². The van der Waals surface area contributed by atoms with Crippen LogP contribution in [0.4, 0.5) is 0 Å². The van der Waals surface area contributed by atoms with Crippen LogP contribution in [0.3, 0.4) is 0 Å². The molecular formula is C17H16N2O2. The number of pyridine rings is 1. The van der Waals surface area contributed by atoms with Gasteiger partial charge in [0.15, 0.2) is 0 Å². The molecule has 4 heteroatoms. The summed E-state index contributed by atoms with van der Waals surface area (Å²) in [5, 5.41) is 1.25. The van der Waals surface area contributed by atoms with Crippen molar-refractivity contribution in [1.82, 2.24) is 9.55 Å². The average molecular weight is 280 g/mol. The summed E-state index contributed by atoms with van der Waals surface area (Å²) < 4.78 is 6.84. The molecule has 3 aromatic rings. The molecule has 1 aromatic carbocycles. The molecule has 0 aliphatic carbocycles. The van der Waals surface area contributed by atoms with Crippen LogP contribution in [0.5, 0.6) is 0 Å². The second-order valence-corrected chi connectivity index (χ2v) is 4.99. The highest BCUT2D eigenvalue weighted by Gasteiger charge is 2.08. The maximum atomic E-state index is 11.4. The molecule has 4 nitrogen and oxygen atoms in total. The van der Waals surface area contributed by atoms with Gasteiger partial charge in [-0.1, -0.05) is 18.2 Å². The zero-order valence-electron chi connectivity index (χ0n) is 12.0. The number of hydrogen-bond donors (Lipinski definition) is 0. The van der Waals surface area contributed by atoms with E-state index in [1.54, 1.807) is 12.3 Å². The average Bonchev–Trinajstić information content (AvgIpc) is 2.84. The van der Waals surface area contributed by atoms with Crippen LogP contribution in [0.25, 0.3) is 10.9 Å². The minimum Gasteiger partial charge on any atom is -0.465 e. The van der Waals surface area contributed by atoms with E-state index in [1.807, 2.05) is 18.2 Å². The molecule has 2 heterocycles. The molecule has 0 atom stereocenters. The normalized spacial score (nSPS) is 10.8. The molecule has 0 fully saturated rings. The first-order valence-corrected chi connectivity index (χ1v) is 6.77. The molecule has 0 saturated carbocycles. The minimum atomic E-state index is -0.365. The van der Waals surface area contributed by atoms with Crippen molar-refractivity contribution >= 4 is 16.9 Å². The van der Waals surface area contributed by atoms with Crippen LogP contribution in [0.2, 0.25) is 0 Å². The molecule has 2 aromatic heterocycles. The summed E-state index contributed by atoms with van der Waals surface area (Å²) in [4.78, 5) is 15.7. The molecule has 0 amide bonds. The largest absolute Gasteiger partial charge is 0.465 e. The molecule has 0 spiro atoms. The van der Waals surface area contributed by atoms with Gasteiger partial charge >= 0.3 is 5.97 Å². The number of rotatable bonds is 3. The number of ether oxygens (including phenoxy) is 1. The third kappa shape index (κ3) is 2.52. The molecule has 106 valence electrons. The Morgan fingerprint density at radius 2 is 2.05 bits per heavy atom. The lowest BCUT2D eigenvalue weighted by Gasteiger charge is -2.05. The minimum absolute atomic E-state index is 0.365. The molecule has 0 aliphatic rings. The molecular weight excluding hydrogens is 264 g/mol. The Kier molecular flexibility index (Phi) is 3.44. The van der Waals surface area contributed by atoms with Crippen molar-refractivity contribution in [2.75, 3.05) is 7.11 Å². The zero-order valence-corrected chi connectivity index (χ0v) is 12.0. The van der Waals surface area contributed by atoms with Crippen molar-refractivity contribution in [1.29, 1.82) is 0 Å². The van der Waals surface area contributed by atoms with Gasteiger partial charge in [0.1, 0.15) is 0 Å². The van der Waals surface area contributed by atoms with Crippen LogP contribution in [-0.4, -0.2) is 22.6 Å². The second-order valence-electron chi connectivity index (χ2n) is 4.99. The number of benzene rings is 1. The predicted molar refractivity (Wildman–Crippen MR) is 81.4 cm³/mol. The van der Waals surface area contributed by atoms with Gasteiger partial charge in [0, 0.05) is 23.3 Å². The molecule has 0 N–H and O–H groups in total. The molecule has 0 radical (unpaired) electrons. The van der Waals surface area contributed by atoms with Gasteiger partial charge in [0.25, 0.3) is 0 Å². The van der Waals surface area contributed by atoms with Crippen LogP contribution in [-0.2, 0) is 11.3 Å². The Balaban J connectivity index is 1.90. The number of para-hydroxylation sites is 1. The van der Waals surface area contributed by atoms with E-state index in [4.69, 9.17) is 0 Å². The van der Waals surface area contributed by atoms with E-state index >= 15 is 0 Å². The molecule has 0 bridgehead atoms. The van der Waals surface area contributed by atoms with Gasteiger partial charge < -0.3 is 9.30 Å². The van der Waals surface area contributed by atoms with Gasteiger partial charge in [0.05, 0.1) is 24.9 Å². The third-order valence-corrected chi connectivity index (χ3v) is 3.57. The number of aromatic nitrogens is 2. The van der Waals surface area contributed by atoms with Crippen molar-refractivity contribution in [3.63, 3.8) is 0 Å². The van der Waals surface area contributed by atoms with Crippen LogP contribution >= 0.6 is 0 Å². The Hall–Kier alpha value is -2.62. The first kappa shape index (κ1) is 13.4. The summed E-state index contributed by atoms with van der Waals surface area (Å²) in [7, 11) is 1.37. The summed E-state index contributed by atoms with van der Waals surface area (Å²) in [6, 6.07) is 11.9. The van der Waals surface area contributed by atoms with Gasteiger partial charge in [-0.05, 0) is 30.7 Å². The fraction of sp³-hybridized carbons (Fsp3) is 0.176. The van der Waals surface area contributed by atoms with Gasteiger partial charge in [-0.2, -0.15) is 0 Å². The molecule has 0 aliphatic heterocycles. The van der Waals surface area contributed by atoms with E-state index in [2.05, 4.69) is 39.5 Å². The van der Waals surface area contributed by atoms with E-state index in [0.717, 1.165) is 5.69 Å². The van der Waals surface area contributed by atoms with Gasteiger partial charge in [-0.15, -0.1) is 0 Å². The Labute approximate surface area is 123 Å². The monoisotopic (exact) mass is 280 g/mol. The number of aryl methyl sites for hydroxylation is 1. The Bertz CT molecular complexity index is 788. The van der Waals surface area contributed by atoms with Crippen molar-refractivity contribution in [2.45, 2.75) is 13.5 Å². The quantitative estimate of drug-likeness (QED) is 0.692. The second kappa shape index (κ2) is 5.40. The first-order chi connectivity index (χ1) is 10.2. The Morgan fingerprint density at radius 3 is 2.76 bits per heavy atom. The fourth-order valence-corrected chi connectivity index (χ4v) is 2.49. The van der Waals surface area contributed by atoms with Crippen molar-refractivity contribution < 1.29 is 9.53 Å². The van der Waals surface area contributed by atoms with Crippen LogP contribution in [0, 0.1) is 6.92 Å². The lowest BCUT2D eigenvalue weighted by Crippen LogP contribution is -2.04. The van der Waals surface area contributed by atoms with E-state index in [-0.39, 0.29) is 5.97 Å². The van der Waals surface area contributed by atoms with Crippen molar-refractivity contribution in [2.24, 2.45) is 0 Å². The Morgan fingerprint density at radius 1 is 1.24 bits per heavy atom. The SMILES string of the molecule is COC(=O)c1ccc(Cn2cc(C)c3ccccc32)nc1. The summed E-state index contributed by atoms with van der Waals surface area (Å²) in [6.45, 7) is 2.78. The molecule has 0 unspecified atom stereocenters. The number of carbonyl (C=O) groups excluding carboxylic acids is 1. The number of esters is 1. The summed E-state index contributed by atoms with van der Waals surface area (Å²) >= 11 is 0. The van der Waals surface area contributed by atoms with Crippen LogP contribution < -0.4 is 0 Å². The number of hydrogen-bond acceptors (Lipinski definition) is 3. The number of fused-ring (bicyclic) bond motifs is 1.